The molecule has 0 atom stereocenters. The number of carbonyl (C=O) groups is 1. The number of hydrazone groups is 1. The minimum Gasteiger partial charge on any atom is -0.493 e. The molecule has 0 saturated carbocycles. The summed E-state index contributed by atoms with van der Waals surface area (Å²) in [4.78, 5) is 22.5. The highest BCUT2D eigenvalue weighted by Crippen LogP contribution is 2.15. The Morgan fingerprint density at radius 2 is 1.88 bits per heavy atom. The van der Waals surface area contributed by atoms with Crippen molar-refractivity contribution in [2.75, 3.05) is 6.61 Å². The van der Waals surface area contributed by atoms with Crippen molar-refractivity contribution >= 4 is 17.3 Å². The smallest absolute Gasteiger partial charge is 0.271 e. The van der Waals surface area contributed by atoms with Crippen LogP contribution in [0.4, 0.5) is 5.69 Å². The number of amides is 1. The van der Waals surface area contributed by atoms with Crippen molar-refractivity contribution in [3.8, 4) is 5.75 Å². The maximum absolute atomic E-state index is 12.2. The summed E-state index contributed by atoms with van der Waals surface area (Å²) < 4.78 is 5.57. The van der Waals surface area contributed by atoms with Gasteiger partial charge < -0.3 is 4.74 Å². The fraction of sp³-hybridized carbons (Fsp3) is 0.263. The van der Waals surface area contributed by atoms with Gasteiger partial charge in [-0.25, -0.2) is 5.43 Å². The molecule has 0 fully saturated rings. The lowest BCUT2D eigenvalue weighted by molar-refractivity contribution is -0.384. The lowest BCUT2D eigenvalue weighted by Crippen LogP contribution is -2.19. The van der Waals surface area contributed by atoms with Crippen LogP contribution in [-0.4, -0.2) is 23.1 Å². The number of nitro benzene ring substituents is 1. The third-order valence-corrected chi connectivity index (χ3v) is 3.50. The molecule has 0 aliphatic heterocycles. The Balaban J connectivity index is 2.01. The number of nitrogens with zero attached hydrogens (tertiary/aromatic N) is 2. The monoisotopic (exact) mass is 355 g/mol. The van der Waals surface area contributed by atoms with Crippen molar-refractivity contribution in [1.82, 2.24) is 5.43 Å². The molecule has 0 bridgehead atoms. The predicted molar refractivity (Wildman–Crippen MR) is 99.5 cm³/mol. The van der Waals surface area contributed by atoms with Gasteiger partial charge in [-0.1, -0.05) is 26.0 Å². The van der Waals surface area contributed by atoms with Gasteiger partial charge in [0.15, 0.2) is 0 Å². The van der Waals surface area contributed by atoms with Crippen molar-refractivity contribution in [2.24, 2.45) is 11.0 Å². The quantitative estimate of drug-likeness (QED) is 0.464. The molecule has 7 nitrogen and oxygen atoms in total. The fourth-order valence-electron chi connectivity index (χ4n) is 2.07. The summed E-state index contributed by atoms with van der Waals surface area (Å²) in [5.41, 5.74) is 3.91. The van der Waals surface area contributed by atoms with Crippen LogP contribution in [0.1, 0.15) is 36.7 Å². The van der Waals surface area contributed by atoms with Crippen molar-refractivity contribution in [3.63, 3.8) is 0 Å². The summed E-state index contributed by atoms with van der Waals surface area (Å²) in [7, 11) is 0. The molecule has 7 heteroatoms. The van der Waals surface area contributed by atoms with Gasteiger partial charge in [0.2, 0.25) is 0 Å². The molecular weight excluding hydrogens is 334 g/mol. The molecule has 0 aliphatic carbocycles. The van der Waals surface area contributed by atoms with Crippen LogP contribution in [0, 0.1) is 16.0 Å². The number of hydrogen-bond donors (Lipinski definition) is 1. The van der Waals surface area contributed by atoms with Crippen molar-refractivity contribution in [3.05, 3.63) is 69.8 Å². The lowest BCUT2D eigenvalue weighted by Gasteiger charge is -2.09. The molecule has 0 aliphatic rings. The summed E-state index contributed by atoms with van der Waals surface area (Å²) in [5.74, 6) is 0.751. The van der Waals surface area contributed by atoms with Crippen molar-refractivity contribution in [2.45, 2.75) is 20.8 Å². The van der Waals surface area contributed by atoms with Crippen molar-refractivity contribution in [1.29, 1.82) is 0 Å². The van der Waals surface area contributed by atoms with Gasteiger partial charge >= 0.3 is 0 Å². The highest BCUT2D eigenvalue weighted by atomic mass is 16.6. The number of nitro groups is 1. The highest BCUT2D eigenvalue weighted by molar-refractivity contribution is 6.01. The lowest BCUT2D eigenvalue weighted by atomic mass is 10.1. The zero-order chi connectivity index (χ0) is 19.1. The van der Waals surface area contributed by atoms with Gasteiger partial charge in [0, 0.05) is 23.3 Å². The SMILES string of the molecule is CC(=NNC(=O)c1ccc(OCC(C)C)cc1)c1cccc([N+](=O)[O-])c1. The van der Waals surface area contributed by atoms with Crippen LogP contribution >= 0.6 is 0 Å². The van der Waals surface area contributed by atoms with Crippen LogP contribution in [0.25, 0.3) is 0 Å². The number of carbonyl (C=O) groups excluding carboxylic acids is 1. The van der Waals surface area contributed by atoms with Gasteiger partial charge in [-0.15, -0.1) is 0 Å². The molecule has 0 radical (unpaired) electrons. The normalized spacial score (nSPS) is 11.3. The minimum absolute atomic E-state index is 0.0274. The summed E-state index contributed by atoms with van der Waals surface area (Å²) in [6.07, 6.45) is 0. The number of nitrogens with one attached hydrogen (secondary N) is 1. The molecule has 1 N–H and O–H groups in total. The number of rotatable bonds is 7. The Morgan fingerprint density at radius 3 is 2.50 bits per heavy atom. The second-order valence-corrected chi connectivity index (χ2v) is 6.17. The van der Waals surface area contributed by atoms with Gasteiger partial charge in [0.1, 0.15) is 5.75 Å². The molecule has 2 aromatic carbocycles. The Morgan fingerprint density at radius 1 is 1.19 bits per heavy atom. The van der Waals surface area contributed by atoms with Crippen LogP contribution in [-0.2, 0) is 0 Å². The van der Waals surface area contributed by atoms with Crippen LogP contribution in [0.3, 0.4) is 0 Å². The van der Waals surface area contributed by atoms with Crippen LogP contribution < -0.4 is 10.2 Å². The zero-order valence-electron chi connectivity index (χ0n) is 14.9. The topological polar surface area (TPSA) is 93.8 Å². The Bertz CT molecular complexity index is 814. The maximum atomic E-state index is 12.2. The van der Waals surface area contributed by atoms with E-state index >= 15 is 0 Å². The average Bonchev–Trinajstić information content (AvgIpc) is 2.64. The first-order valence-electron chi connectivity index (χ1n) is 8.19. The molecule has 0 aromatic heterocycles. The first-order valence-corrected chi connectivity index (χ1v) is 8.19. The zero-order valence-corrected chi connectivity index (χ0v) is 14.9. The Kier molecular flexibility index (Phi) is 6.43. The number of hydrogen-bond acceptors (Lipinski definition) is 5. The van der Waals surface area contributed by atoms with E-state index in [4.69, 9.17) is 4.74 Å². The molecule has 2 rings (SSSR count). The molecule has 0 unspecified atom stereocenters. The third kappa shape index (κ3) is 5.41. The van der Waals surface area contributed by atoms with E-state index in [0.717, 1.165) is 0 Å². The van der Waals surface area contributed by atoms with Gasteiger partial charge in [0.25, 0.3) is 11.6 Å². The van der Waals surface area contributed by atoms with Crippen LogP contribution in [0.2, 0.25) is 0 Å². The van der Waals surface area contributed by atoms with Crippen molar-refractivity contribution < 1.29 is 14.5 Å². The molecule has 2 aromatic rings. The van der Waals surface area contributed by atoms with E-state index in [-0.39, 0.29) is 11.6 Å². The standard InChI is InChI=1S/C19H21N3O4/c1-13(2)12-26-18-9-7-15(8-10-18)19(23)21-20-14(3)16-5-4-6-17(11-16)22(24)25/h4-11,13H,12H2,1-3H3,(H,21,23). The van der Waals surface area contributed by atoms with Crippen LogP contribution in [0.5, 0.6) is 5.75 Å². The summed E-state index contributed by atoms with van der Waals surface area (Å²) in [5, 5.41) is 14.8. The first-order chi connectivity index (χ1) is 12.4. The number of non-ortho nitro benzene ring substituents is 1. The summed E-state index contributed by atoms with van der Waals surface area (Å²) in [6.45, 7) is 6.40. The number of benzene rings is 2. The van der Waals surface area contributed by atoms with E-state index in [2.05, 4.69) is 24.4 Å². The average molecular weight is 355 g/mol. The maximum Gasteiger partial charge on any atom is 0.271 e. The van der Waals surface area contributed by atoms with E-state index in [0.29, 0.717) is 35.1 Å². The summed E-state index contributed by atoms with van der Waals surface area (Å²) in [6, 6.07) is 12.8. The van der Waals surface area contributed by atoms with E-state index < -0.39 is 4.92 Å². The molecule has 0 heterocycles. The first kappa shape index (κ1) is 19.1. The molecule has 0 saturated heterocycles. The van der Waals surface area contributed by atoms with E-state index in [1.807, 2.05) is 0 Å². The van der Waals surface area contributed by atoms with E-state index in [9.17, 15) is 14.9 Å². The predicted octanol–water partition coefficient (Wildman–Crippen LogP) is 3.78. The highest BCUT2D eigenvalue weighted by Gasteiger charge is 2.09. The van der Waals surface area contributed by atoms with Crippen LogP contribution in [0.15, 0.2) is 53.6 Å². The Labute approximate surface area is 151 Å². The second kappa shape index (κ2) is 8.75. The Hall–Kier alpha value is -3.22. The molecular formula is C19H21N3O4. The molecule has 136 valence electrons. The molecule has 26 heavy (non-hydrogen) atoms. The van der Waals surface area contributed by atoms with Gasteiger partial charge in [-0.3, -0.25) is 14.9 Å². The molecule has 0 spiro atoms. The van der Waals surface area contributed by atoms with E-state index in [1.165, 1.54) is 12.1 Å². The van der Waals surface area contributed by atoms with Gasteiger partial charge in [-0.05, 0) is 37.1 Å². The molecule has 1 amide bonds. The fourth-order valence-corrected chi connectivity index (χ4v) is 2.07. The number of ether oxygens (including phenoxy) is 1. The van der Waals surface area contributed by atoms with Gasteiger partial charge in [-0.2, -0.15) is 5.10 Å². The van der Waals surface area contributed by atoms with Gasteiger partial charge in [0.05, 0.1) is 17.2 Å². The second-order valence-electron chi connectivity index (χ2n) is 6.17. The third-order valence-electron chi connectivity index (χ3n) is 3.50. The minimum atomic E-state index is -0.474. The van der Waals surface area contributed by atoms with E-state index in [1.54, 1.807) is 43.3 Å². The largest absolute Gasteiger partial charge is 0.493 e. The summed E-state index contributed by atoms with van der Waals surface area (Å²) >= 11 is 0.